The number of para-hydroxylation sites is 1. The number of rotatable bonds is 3. The van der Waals surface area contributed by atoms with Gasteiger partial charge in [-0.3, -0.25) is 9.59 Å². The Morgan fingerprint density at radius 2 is 2.07 bits per heavy atom. The van der Waals surface area contributed by atoms with Crippen molar-refractivity contribution >= 4 is 16.9 Å². The molecule has 0 radical (unpaired) electrons. The van der Waals surface area contributed by atoms with E-state index in [1.54, 1.807) is 31.2 Å². The summed E-state index contributed by atoms with van der Waals surface area (Å²) in [6.07, 6.45) is 2.84. The maximum absolute atomic E-state index is 12.9. The van der Waals surface area contributed by atoms with Gasteiger partial charge >= 0.3 is 0 Å². The first kappa shape index (κ1) is 17.5. The first-order valence-electron chi connectivity index (χ1n) is 9.23. The van der Waals surface area contributed by atoms with E-state index in [0.29, 0.717) is 23.1 Å². The molecule has 0 fully saturated rings. The fourth-order valence-electron chi connectivity index (χ4n) is 3.82. The maximum Gasteiger partial charge on any atom is 0.287 e. The van der Waals surface area contributed by atoms with Crippen LogP contribution in [0.1, 0.15) is 51.7 Å². The highest BCUT2D eigenvalue weighted by atomic mass is 16.3. The topological polar surface area (TPSA) is 85.3 Å². The van der Waals surface area contributed by atoms with Crippen molar-refractivity contribution in [3.05, 3.63) is 80.7 Å². The van der Waals surface area contributed by atoms with Crippen LogP contribution >= 0.6 is 0 Å². The van der Waals surface area contributed by atoms with Crippen LogP contribution in [0.5, 0.6) is 0 Å². The van der Waals surface area contributed by atoms with Gasteiger partial charge in [-0.2, -0.15) is 0 Å². The lowest BCUT2D eigenvalue weighted by atomic mass is 9.86. The number of carbonyl (C=O) groups is 1. The van der Waals surface area contributed by atoms with Crippen molar-refractivity contribution in [2.45, 2.75) is 38.8 Å². The number of carbonyl (C=O) groups excluding carboxylic acids is 1. The molecule has 1 aliphatic rings. The van der Waals surface area contributed by atoms with E-state index in [2.05, 4.69) is 11.4 Å². The molecule has 0 spiro atoms. The van der Waals surface area contributed by atoms with Gasteiger partial charge in [0.15, 0.2) is 11.2 Å². The smallest absolute Gasteiger partial charge is 0.287 e. The van der Waals surface area contributed by atoms with Gasteiger partial charge in [0.1, 0.15) is 5.58 Å². The van der Waals surface area contributed by atoms with Crippen LogP contribution in [0.25, 0.3) is 11.0 Å². The predicted octanol–water partition coefficient (Wildman–Crippen LogP) is 3.37. The van der Waals surface area contributed by atoms with Crippen LogP contribution in [-0.4, -0.2) is 5.91 Å². The van der Waals surface area contributed by atoms with Gasteiger partial charge in [-0.1, -0.05) is 30.3 Å². The van der Waals surface area contributed by atoms with Gasteiger partial charge in [0.2, 0.25) is 0 Å². The molecule has 0 saturated carbocycles. The van der Waals surface area contributed by atoms with Gasteiger partial charge in [-0.25, -0.2) is 0 Å². The Labute approximate surface area is 157 Å². The molecule has 0 aliphatic heterocycles. The Morgan fingerprint density at radius 3 is 2.89 bits per heavy atom. The average molecular weight is 362 g/mol. The van der Waals surface area contributed by atoms with Crippen molar-refractivity contribution < 1.29 is 9.21 Å². The number of hydrogen-bond donors (Lipinski definition) is 2. The van der Waals surface area contributed by atoms with Crippen molar-refractivity contribution in [1.29, 1.82) is 0 Å². The van der Waals surface area contributed by atoms with Gasteiger partial charge in [-0.05, 0) is 55.0 Å². The molecule has 3 N–H and O–H groups in total. The molecule has 1 atom stereocenters. The van der Waals surface area contributed by atoms with Crippen LogP contribution in [0.3, 0.4) is 0 Å². The zero-order valence-electron chi connectivity index (χ0n) is 15.2. The van der Waals surface area contributed by atoms with E-state index >= 15 is 0 Å². The highest BCUT2D eigenvalue weighted by Crippen LogP contribution is 2.31. The van der Waals surface area contributed by atoms with E-state index in [1.165, 1.54) is 5.56 Å². The molecule has 5 heteroatoms. The molecule has 3 aromatic rings. The van der Waals surface area contributed by atoms with E-state index in [-0.39, 0.29) is 23.1 Å². The van der Waals surface area contributed by atoms with Crippen molar-refractivity contribution in [2.75, 3.05) is 0 Å². The number of nitrogens with two attached hydrogens (primary N) is 1. The summed E-state index contributed by atoms with van der Waals surface area (Å²) in [7, 11) is 0. The summed E-state index contributed by atoms with van der Waals surface area (Å²) in [6.45, 7) is 2.14. The first-order valence-corrected chi connectivity index (χ1v) is 9.23. The van der Waals surface area contributed by atoms with Gasteiger partial charge in [0.25, 0.3) is 5.91 Å². The van der Waals surface area contributed by atoms with Gasteiger partial charge in [0, 0.05) is 12.1 Å². The molecule has 5 nitrogen and oxygen atoms in total. The van der Waals surface area contributed by atoms with E-state index in [0.717, 1.165) is 30.4 Å². The highest BCUT2D eigenvalue weighted by molar-refractivity contribution is 5.95. The van der Waals surface area contributed by atoms with Crippen molar-refractivity contribution in [3.8, 4) is 0 Å². The van der Waals surface area contributed by atoms with Crippen LogP contribution in [0.2, 0.25) is 0 Å². The molecule has 0 bridgehead atoms. The largest absolute Gasteiger partial charge is 0.450 e. The number of fused-ring (bicyclic) bond motifs is 2. The summed E-state index contributed by atoms with van der Waals surface area (Å²) in [5.74, 6) is -0.263. The van der Waals surface area contributed by atoms with E-state index < -0.39 is 0 Å². The molecule has 0 saturated heterocycles. The van der Waals surface area contributed by atoms with Crippen LogP contribution in [-0.2, 0) is 13.0 Å². The Kier molecular flexibility index (Phi) is 4.54. The highest BCUT2D eigenvalue weighted by Gasteiger charge is 2.25. The Hall–Kier alpha value is -2.92. The fourth-order valence-corrected chi connectivity index (χ4v) is 3.82. The minimum Gasteiger partial charge on any atom is -0.450 e. The van der Waals surface area contributed by atoms with Gasteiger partial charge < -0.3 is 15.5 Å². The molecule has 1 heterocycles. The van der Waals surface area contributed by atoms with E-state index in [9.17, 15) is 9.59 Å². The molecule has 27 heavy (non-hydrogen) atoms. The minimum absolute atomic E-state index is 0.0874. The predicted molar refractivity (Wildman–Crippen MR) is 105 cm³/mol. The lowest BCUT2D eigenvalue weighted by Crippen LogP contribution is -2.32. The number of hydrogen-bond acceptors (Lipinski definition) is 4. The third-order valence-electron chi connectivity index (χ3n) is 5.29. The van der Waals surface area contributed by atoms with Crippen molar-refractivity contribution in [3.63, 3.8) is 0 Å². The van der Waals surface area contributed by atoms with Gasteiger partial charge in [-0.15, -0.1) is 0 Å². The van der Waals surface area contributed by atoms with Gasteiger partial charge in [0.05, 0.1) is 11.4 Å². The fraction of sp³-hybridized carbons (Fsp3) is 0.273. The molecule has 1 amide bonds. The van der Waals surface area contributed by atoms with Crippen LogP contribution in [0.15, 0.2) is 51.7 Å². The molecule has 2 aromatic carbocycles. The zero-order chi connectivity index (χ0) is 19.0. The summed E-state index contributed by atoms with van der Waals surface area (Å²) >= 11 is 0. The molecular formula is C22H22N2O3. The molecule has 1 aliphatic carbocycles. The summed E-state index contributed by atoms with van der Waals surface area (Å²) in [5.41, 5.74) is 9.77. The monoisotopic (exact) mass is 362 g/mol. The second kappa shape index (κ2) is 7.00. The number of nitrogens with one attached hydrogen (secondary N) is 1. The quantitative estimate of drug-likeness (QED) is 0.748. The molecule has 4 rings (SSSR count). The Bertz CT molecular complexity index is 1080. The standard InChI is InChI=1S/C22H22N2O3/c1-13-20(25)17-6-2-3-8-19(17)27-21(13)22(26)24-18-7-4-5-15-11-14(12-23)9-10-16(15)18/h2-3,6,8-11,18H,4-5,7,12,23H2,1H3,(H,24,26). The second-order valence-corrected chi connectivity index (χ2v) is 7.04. The molecule has 1 unspecified atom stereocenters. The Morgan fingerprint density at radius 1 is 1.26 bits per heavy atom. The summed E-state index contributed by atoms with van der Waals surface area (Å²) in [5, 5.41) is 3.55. The zero-order valence-corrected chi connectivity index (χ0v) is 15.2. The molecule has 1 aromatic heterocycles. The van der Waals surface area contributed by atoms with Crippen molar-refractivity contribution in [1.82, 2.24) is 5.32 Å². The lowest BCUT2D eigenvalue weighted by molar-refractivity contribution is 0.0904. The SMILES string of the molecule is Cc1c(C(=O)NC2CCCc3cc(CN)ccc32)oc2ccccc2c1=O. The number of benzene rings is 2. The van der Waals surface area contributed by atoms with Crippen LogP contribution < -0.4 is 16.5 Å². The first-order chi connectivity index (χ1) is 13.1. The minimum atomic E-state index is -0.351. The number of aryl methyl sites for hydroxylation is 1. The lowest BCUT2D eigenvalue weighted by Gasteiger charge is -2.27. The average Bonchev–Trinajstić information content (AvgIpc) is 2.70. The second-order valence-electron chi connectivity index (χ2n) is 7.04. The number of amides is 1. The summed E-state index contributed by atoms with van der Waals surface area (Å²) in [6, 6.07) is 13.1. The van der Waals surface area contributed by atoms with E-state index in [1.807, 2.05) is 12.1 Å². The normalized spacial score (nSPS) is 16.1. The van der Waals surface area contributed by atoms with Crippen molar-refractivity contribution in [2.24, 2.45) is 5.73 Å². The maximum atomic E-state index is 12.9. The van der Waals surface area contributed by atoms with E-state index in [4.69, 9.17) is 10.2 Å². The van der Waals surface area contributed by atoms with Crippen LogP contribution in [0.4, 0.5) is 0 Å². The Balaban J connectivity index is 1.67. The summed E-state index contributed by atoms with van der Waals surface area (Å²) in [4.78, 5) is 25.5. The molecule has 138 valence electrons. The molecular weight excluding hydrogens is 340 g/mol. The third kappa shape index (κ3) is 3.15. The summed E-state index contributed by atoms with van der Waals surface area (Å²) < 4.78 is 5.77. The third-order valence-corrected chi connectivity index (χ3v) is 5.29. The van der Waals surface area contributed by atoms with Crippen LogP contribution in [0, 0.1) is 6.92 Å².